The lowest BCUT2D eigenvalue weighted by Crippen LogP contribution is -2.52. The summed E-state index contributed by atoms with van der Waals surface area (Å²) >= 11 is 0. The lowest BCUT2D eigenvalue weighted by atomic mass is 9.94. The summed E-state index contributed by atoms with van der Waals surface area (Å²) in [7, 11) is 0. The standard InChI is InChI=1S/C10H14N4O3/c1-2-6-8-5(12-4-13-8)3-7(9(11)15)14(6)10(16)17/h4,6-7H,2-3H2,1H3,(H2,11,15)(H,12,13)(H,16,17)/t6-,7-/m0/s1. The van der Waals surface area contributed by atoms with Gasteiger partial charge in [0.15, 0.2) is 0 Å². The number of H-pyrrole nitrogens is 1. The fraction of sp³-hybridized carbons (Fsp3) is 0.500. The van der Waals surface area contributed by atoms with Crippen molar-refractivity contribution in [1.29, 1.82) is 0 Å². The summed E-state index contributed by atoms with van der Waals surface area (Å²) in [6.45, 7) is 1.85. The number of nitrogens with two attached hydrogens (primary N) is 1. The highest BCUT2D eigenvalue weighted by molar-refractivity contribution is 5.85. The number of carbonyl (C=O) groups is 2. The number of hydrogen-bond donors (Lipinski definition) is 3. The van der Waals surface area contributed by atoms with Crippen LogP contribution >= 0.6 is 0 Å². The van der Waals surface area contributed by atoms with Crippen molar-refractivity contribution >= 4 is 12.0 Å². The van der Waals surface area contributed by atoms with Crippen molar-refractivity contribution in [2.75, 3.05) is 0 Å². The van der Waals surface area contributed by atoms with Crippen LogP contribution < -0.4 is 5.73 Å². The van der Waals surface area contributed by atoms with Crippen LogP contribution in [0.2, 0.25) is 0 Å². The summed E-state index contributed by atoms with van der Waals surface area (Å²) in [5.74, 6) is -0.633. The van der Waals surface area contributed by atoms with Crippen molar-refractivity contribution in [3.8, 4) is 0 Å². The number of rotatable bonds is 2. The Labute approximate surface area is 97.6 Å². The van der Waals surface area contributed by atoms with Crippen molar-refractivity contribution in [2.24, 2.45) is 5.73 Å². The molecule has 7 nitrogen and oxygen atoms in total. The number of imidazole rings is 1. The van der Waals surface area contributed by atoms with Crippen LogP contribution in [0.25, 0.3) is 0 Å². The van der Waals surface area contributed by atoms with E-state index in [9.17, 15) is 14.7 Å². The molecule has 0 saturated heterocycles. The second-order valence-corrected chi connectivity index (χ2v) is 4.00. The van der Waals surface area contributed by atoms with Crippen molar-refractivity contribution in [3.05, 3.63) is 17.7 Å². The van der Waals surface area contributed by atoms with Crippen LogP contribution in [0.15, 0.2) is 6.33 Å². The molecule has 4 N–H and O–H groups in total. The topological polar surface area (TPSA) is 112 Å². The second kappa shape index (κ2) is 4.08. The Kier molecular flexibility index (Phi) is 2.74. The molecule has 0 fully saturated rings. The van der Waals surface area contributed by atoms with E-state index in [1.54, 1.807) is 0 Å². The highest BCUT2D eigenvalue weighted by Gasteiger charge is 2.40. The third-order valence-corrected chi connectivity index (χ3v) is 3.07. The van der Waals surface area contributed by atoms with Gasteiger partial charge in [0, 0.05) is 12.1 Å². The molecular formula is C10H14N4O3. The van der Waals surface area contributed by atoms with Gasteiger partial charge in [0.05, 0.1) is 18.1 Å². The number of primary amides is 1. The highest BCUT2D eigenvalue weighted by atomic mass is 16.4. The molecule has 0 spiro atoms. The molecule has 2 amide bonds. The first-order valence-corrected chi connectivity index (χ1v) is 5.39. The van der Waals surface area contributed by atoms with Crippen LogP contribution in [-0.2, 0) is 11.2 Å². The van der Waals surface area contributed by atoms with E-state index in [0.29, 0.717) is 12.1 Å². The molecule has 0 radical (unpaired) electrons. The summed E-state index contributed by atoms with van der Waals surface area (Å²) in [5.41, 5.74) is 6.74. The maximum absolute atomic E-state index is 11.3. The number of carboxylic acid groups (broad SMARTS) is 1. The molecular weight excluding hydrogens is 224 g/mol. The minimum atomic E-state index is -1.14. The van der Waals surface area contributed by atoms with Gasteiger partial charge in [0.2, 0.25) is 5.91 Å². The number of aromatic nitrogens is 2. The van der Waals surface area contributed by atoms with Crippen LogP contribution in [0.5, 0.6) is 0 Å². The summed E-state index contributed by atoms with van der Waals surface area (Å²) in [6.07, 6.45) is 1.17. The zero-order valence-corrected chi connectivity index (χ0v) is 9.38. The monoisotopic (exact) mass is 238 g/mol. The van der Waals surface area contributed by atoms with Crippen LogP contribution in [0.4, 0.5) is 4.79 Å². The van der Waals surface area contributed by atoms with Gasteiger partial charge in [-0.3, -0.25) is 9.69 Å². The van der Waals surface area contributed by atoms with E-state index in [1.165, 1.54) is 6.33 Å². The van der Waals surface area contributed by atoms with E-state index in [0.717, 1.165) is 10.6 Å². The van der Waals surface area contributed by atoms with E-state index < -0.39 is 24.1 Å². The zero-order chi connectivity index (χ0) is 12.6. The van der Waals surface area contributed by atoms with Crippen molar-refractivity contribution in [2.45, 2.75) is 31.8 Å². The largest absolute Gasteiger partial charge is 0.465 e. The second-order valence-electron chi connectivity index (χ2n) is 4.00. The van der Waals surface area contributed by atoms with E-state index >= 15 is 0 Å². The molecule has 92 valence electrons. The van der Waals surface area contributed by atoms with Gasteiger partial charge in [-0.05, 0) is 6.42 Å². The predicted molar refractivity (Wildman–Crippen MR) is 58.2 cm³/mol. The summed E-state index contributed by atoms with van der Waals surface area (Å²) in [6, 6.07) is -1.25. The molecule has 1 aliphatic heterocycles. The number of aromatic amines is 1. The summed E-state index contributed by atoms with van der Waals surface area (Å²) < 4.78 is 0. The maximum Gasteiger partial charge on any atom is 0.408 e. The third-order valence-electron chi connectivity index (χ3n) is 3.07. The van der Waals surface area contributed by atoms with Crippen molar-refractivity contribution in [3.63, 3.8) is 0 Å². The highest BCUT2D eigenvalue weighted by Crippen LogP contribution is 2.33. The SMILES string of the molecule is CC[C@H]1c2nc[nH]c2C[C@@H](C(N)=O)N1C(=O)O. The molecule has 2 heterocycles. The summed E-state index contributed by atoms with van der Waals surface area (Å²) in [4.78, 5) is 30.7. The number of nitrogens with zero attached hydrogens (tertiary/aromatic N) is 2. The van der Waals surface area contributed by atoms with Gasteiger partial charge in [0.1, 0.15) is 6.04 Å². The Morgan fingerprint density at radius 1 is 1.71 bits per heavy atom. The Balaban J connectivity index is 2.47. The molecule has 1 aromatic heterocycles. The van der Waals surface area contributed by atoms with E-state index in [2.05, 4.69) is 9.97 Å². The Hall–Kier alpha value is -2.05. The lowest BCUT2D eigenvalue weighted by Gasteiger charge is -2.37. The van der Waals surface area contributed by atoms with Gasteiger partial charge in [-0.1, -0.05) is 6.92 Å². The number of nitrogens with one attached hydrogen (secondary N) is 1. The molecule has 1 aromatic rings. The smallest absolute Gasteiger partial charge is 0.408 e. The lowest BCUT2D eigenvalue weighted by molar-refractivity contribution is -0.124. The Morgan fingerprint density at radius 2 is 2.41 bits per heavy atom. The summed E-state index contributed by atoms with van der Waals surface area (Å²) in [5, 5.41) is 9.20. The molecule has 2 atom stereocenters. The van der Waals surface area contributed by atoms with Crippen LogP contribution in [-0.4, -0.2) is 38.0 Å². The number of fused-ring (bicyclic) bond motifs is 1. The third kappa shape index (κ3) is 1.73. The van der Waals surface area contributed by atoms with E-state index in [4.69, 9.17) is 5.73 Å². The fourth-order valence-corrected chi connectivity index (χ4v) is 2.32. The fourth-order valence-electron chi connectivity index (χ4n) is 2.32. The van der Waals surface area contributed by atoms with Crippen LogP contribution in [0, 0.1) is 0 Å². The maximum atomic E-state index is 11.3. The molecule has 2 rings (SSSR count). The Bertz CT molecular complexity index is 456. The van der Waals surface area contributed by atoms with E-state index in [1.807, 2.05) is 6.92 Å². The molecule has 7 heteroatoms. The van der Waals surface area contributed by atoms with Gasteiger partial charge in [-0.15, -0.1) is 0 Å². The van der Waals surface area contributed by atoms with Gasteiger partial charge < -0.3 is 15.8 Å². The number of amides is 2. The average Bonchev–Trinajstić information content (AvgIpc) is 2.73. The van der Waals surface area contributed by atoms with Crippen LogP contribution in [0.3, 0.4) is 0 Å². The van der Waals surface area contributed by atoms with E-state index in [-0.39, 0.29) is 6.42 Å². The van der Waals surface area contributed by atoms with Gasteiger partial charge in [-0.2, -0.15) is 0 Å². The first-order chi connectivity index (χ1) is 8.06. The molecule has 0 aromatic carbocycles. The van der Waals surface area contributed by atoms with Crippen molar-refractivity contribution in [1.82, 2.24) is 14.9 Å². The molecule has 17 heavy (non-hydrogen) atoms. The minimum Gasteiger partial charge on any atom is -0.465 e. The van der Waals surface area contributed by atoms with Gasteiger partial charge in [0.25, 0.3) is 0 Å². The molecule has 0 aliphatic carbocycles. The number of hydrogen-bond acceptors (Lipinski definition) is 3. The first kappa shape index (κ1) is 11.4. The van der Waals surface area contributed by atoms with Gasteiger partial charge in [-0.25, -0.2) is 9.78 Å². The molecule has 0 bridgehead atoms. The molecule has 0 saturated carbocycles. The molecule has 1 aliphatic rings. The normalized spacial score (nSPS) is 23.2. The zero-order valence-electron chi connectivity index (χ0n) is 9.38. The Morgan fingerprint density at radius 3 is 2.94 bits per heavy atom. The minimum absolute atomic E-state index is 0.257. The van der Waals surface area contributed by atoms with Gasteiger partial charge >= 0.3 is 6.09 Å². The average molecular weight is 238 g/mol. The number of carbonyl (C=O) groups excluding carboxylic acids is 1. The molecule has 0 unspecified atom stereocenters. The van der Waals surface area contributed by atoms with Crippen molar-refractivity contribution < 1.29 is 14.7 Å². The quantitative estimate of drug-likeness (QED) is 0.685. The van der Waals surface area contributed by atoms with Crippen LogP contribution in [0.1, 0.15) is 30.8 Å². The predicted octanol–water partition coefficient (Wildman–Crippen LogP) is 0.251. The first-order valence-electron chi connectivity index (χ1n) is 5.39.